The Morgan fingerprint density at radius 3 is 3.00 bits per heavy atom. The highest BCUT2D eigenvalue weighted by Gasteiger charge is 2.20. The number of hydrogen-bond donors (Lipinski definition) is 1. The SMILES string of the molecule is Cc1ccc(CNC2CCCc3sccc32)c(C)c1. The number of hydrogen-bond acceptors (Lipinski definition) is 2. The molecule has 1 unspecified atom stereocenters. The van der Waals surface area contributed by atoms with Gasteiger partial charge in [-0.15, -0.1) is 11.3 Å². The Balaban J connectivity index is 1.71. The van der Waals surface area contributed by atoms with Gasteiger partial charge in [0.25, 0.3) is 0 Å². The van der Waals surface area contributed by atoms with Crippen molar-refractivity contribution >= 4 is 11.3 Å². The first-order valence-corrected chi connectivity index (χ1v) is 7.98. The van der Waals surface area contributed by atoms with Crippen molar-refractivity contribution < 1.29 is 0 Å². The van der Waals surface area contributed by atoms with E-state index in [2.05, 4.69) is 48.8 Å². The van der Waals surface area contributed by atoms with E-state index in [-0.39, 0.29) is 0 Å². The summed E-state index contributed by atoms with van der Waals surface area (Å²) in [6, 6.07) is 9.60. The number of benzene rings is 1. The number of thiophene rings is 1. The number of fused-ring (bicyclic) bond motifs is 1. The van der Waals surface area contributed by atoms with Gasteiger partial charge in [-0.25, -0.2) is 0 Å². The molecule has 0 fully saturated rings. The van der Waals surface area contributed by atoms with Crippen LogP contribution in [-0.4, -0.2) is 0 Å². The van der Waals surface area contributed by atoms with Gasteiger partial charge in [-0.2, -0.15) is 0 Å². The van der Waals surface area contributed by atoms with Crippen molar-refractivity contribution in [3.63, 3.8) is 0 Å². The van der Waals surface area contributed by atoms with Crippen molar-refractivity contribution in [3.8, 4) is 0 Å². The van der Waals surface area contributed by atoms with E-state index in [1.165, 1.54) is 36.0 Å². The molecule has 0 saturated carbocycles. The van der Waals surface area contributed by atoms with Gasteiger partial charge in [0.1, 0.15) is 0 Å². The highest BCUT2D eigenvalue weighted by Crippen LogP contribution is 2.33. The van der Waals surface area contributed by atoms with Crippen molar-refractivity contribution in [2.24, 2.45) is 0 Å². The molecule has 0 bridgehead atoms. The summed E-state index contributed by atoms with van der Waals surface area (Å²) in [4.78, 5) is 1.59. The molecule has 1 atom stereocenters. The minimum Gasteiger partial charge on any atom is -0.306 e. The van der Waals surface area contributed by atoms with Gasteiger partial charge in [-0.3, -0.25) is 0 Å². The third-order valence-corrected chi connectivity index (χ3v) is 5.09. The summed E-state index contributed by atoms with van der Waals surface area (Å²) < 4.78 is 0. The number of aryl methyl sites for hydroxylation is 3. The van der Waals surface area contributed by atoms with Crippen LogP contribution in [0.4, 0.5) is 0 Å². The topological polar surface area (TPSA) is 12.0 Å². The van der Waals surface area contributed by atoms with Crippen LogP contribution in [0.1, 0.15) is 46.0 Å². The van der Waals surface area contributed by atoms with E-state index in [4.69, 9.17) is 0 Å². The summed E-state index contributed by atoms with van der Waals surface area (Å²) >= 11 is 1.92. The molecule has 3 rings (SSSR count). The van der Waals surface area contributed by atoms with Crippen LogP contribution in [0.25, 0.3) is 0 Å². The van der Waals surface area contributed by atoms with Crippen LogP contribution in [0.5, 0.6) is 0 Å². The average molecular weight is 271 g/mol. The second kappa shape index (κ2) is 5.48. The fraction of sp³-hybridized carbons (Fsp3) is 0.412. The Hall–Kier alpha value is -1.12. The third-order valence-electron chi connectivity index (χ3n) is 4.09. The molecule has 0 aliphatic heterocycles. The fourth-order valence-corrected chi connectivity index (χ4v) is 3.96. The maximum atomic E-state index is 3.75. The van der Waals surface area contributed by atoms with E-state index >= 15 is 0 Å². The van der Waals surface area contributed by atoms with Crippen molar-refractivity contribution in [2.45, 2.75) is 45.7 Å². The Labute approximate surface area is 119 Å². The smallest absolute Gasteiger partial charge is 0.0334 e. The van der Waals surface area contributed by atoms with E-state index in [0.29, 0.717) is 6.04 Å². The second-order valence-electron chi connectivity index (χ2n) is 5.55. The molecule has 100 valence electrons. The quantitative estimate of drug-likeness (QED) is 0.864. The van der Waals surface area contributed by atoms with Crippen LogP contribution in [0.2, 0.25) is 0 Å². The largest absolute Gasteiger partial charge is 0.306 e. The molecule has 1 aromatic heterocycles. The summed E-state index contributed by atoms with van der Waals surface area (Å²) in [6.07, 6.45) is 3.86. The van der Waals surface area contributed by atoms with E-state index in [0.717, 1.165) is 6.54 Å². The molecule has 19 heavy (non-hydrogen) atoms. The first kappa shape index (κ1) is 12.9. The zero-order valence-electron chi connectivity index (χ0n) is 11.7. The van der Waals surface area contributed by atoms with Crippen LogP contribution in [-0.2, 0) is 13.0 Å². The molecular formula is C17H21NS. The molecule has 1 aromatic carbocycles. The van der Waals surface area contributed by atoms with Crippen molar-refractivity contribution in [3.05, 3.63) is 56.8 Å². The first-order chi connectivity index (χ1) is 9.24. The lowest BCUT2D eigenvalue weighted by Gasteiger charge is -2.24. The minimum absolute atomic E-state index is 0.552. The second-order valence-corrected chi connectivity index (χ2v) is 6.56. The lowest BCUT2D eigenvalue weighted by molar-refractivity contribution is 0.462. The van der Waals surface area contributed by atoms with Crippen molar-refractivity contribution in [1.29, 1.82) is 0 Å². The van der Waals surface area contributed by atoms with Gasteiger partial charge in [0.2, 0.25) is 0 Å². The monoisotopic (exact) mass is 271 g/mol. The molecule has 0 saturated heterocycles. The molecule has 1 nitrogen and oxygen atoms in total. The van der Waals surface area contributed by atoms with Gasteiger partial charge >= 0.3 is 0 Å². The molecule has 1 aliphatic rings. The summed E-state index contributed by atoms with van der Waals surface area (Å²) in [6.45, 7) is 5.34. The normalized spacial score (nSPS) is 18.3. The molecule has 1 aliphatic carbocycles. The third kappa shape index (κ3) is 2.75. The summed E-state index contributed by atoms with van der Waals surface area (Å²) in [5, 5.41) is 5.99. The summed E-state index contributed by atoms with van der Waals surface area (Å²) in [5.74, 6) is 0. The highest BCUT2D eigenvalue weighted by atomic mass is 32.1. The molecule has 2 aromatic rings. The van der Waals surface area contributed by atoms with E-state index in [1.807, 2.05) is 11.3 Å². The summed E-state index contributed by atoms with van der Waals surface area (Å²) in [7, 11) is 0. The molecule has 1 N–H and O–H groups in total. The van der Waals surface area contributed by atoms with Crippen LogP contribution in [0.3, 0.4) is 0 Å². The molecule has 0 spiro atoms. The number of rotatable bonds is 3. The Morgan fingerprint density at radius 1 is 1.26 bits per heavy atom. The Kier molecular flexibility index (Phi) is 3.72. The first-order valence-electron chi connectivity index (χ1n) is 7.10. The zero-order chi connectivity index (χ0) is 13.2. The van der Waals surface area contributed by atoms with Gasteiger partial charge in [0, 0.05) is 17.5 Å². The lowest BCUT2D eigenvalue weighted by Crippen LogP contribution is -2.24. The molecule has 0 radical (unpaired) electrons. The Bertz CT molecular complexity index is 570. The maximum absolute atomic E-state index is 3.75. The van der Waals surface area contributed by atoms with Gasteiger partial charge in [0.15, 0.2) is 0 Å². The van der Waals surface area contributed by atoms with E-state index < -0.39 is 0 Å². The standard InChI is InChI=1S/C17H21NS/c1-12-6-7-14(13(2)10-12)11-18-16-4-3-5-17-15(16)8-9-19-17/h6-10,16,18H,3-5,11H2,1-2H3. The van der Waals surface area contributed by atoms with Crippen molar-refractivity contribution in [1.82, 2.24) is 5.32 Å². The molecule has 2 heteroatoms. The van der Waals surface area contributed by atoms with E-state index in [1.54, 1.807) is 10.4 Å². The van der Waals surface area contributed by atoms with Crippen LogP contribution in [0.15, 0.2) is 29.6 Å². The number of nitrogens with one attached hydrogen (secondary N) is 1. The van der Waals surface area contributed by atoms with Crippen molar-refractivity contribution in [2.75, 3.05) is 0 Å². The predicted molar refractivity (Wildman–Crippen MR) is 82.8 cm³/mol. The minimum atomic E-state index is 0.552. The van der Waals surface area contributed by atoms with Gasteiger partial charge in [0.05, 0.1) is 0 Å². The average Bonchev–Trinajstić information content (AvgIpc) is 2.86. The highest BCUT2D eigenvalue weighted by molar-refractivity contribution is 7.10. The molecule has 1 heterocycles. The van der Waals surface area contributed by atoms with Crippen LogP contribution >= 0.6 is 11.3 Å². The van der Waals surface area contributed by atoms with Crippen LogP contribution < -0.4 is 5.32 Å². The summed E-state index contributed by atoms with van der Waals surface area (Å²) in [5.41, 5.74) is 5.71. The van der Waals surface area contributed by atoms with Gasteiger partial charge < -0.3 is 5.32 Å². The molecule has 0 amide bonds. The zero-order valence-corrected chi connectivity index (χ0v) is 12.5. The van der Waals surface area contributed by atoms with Gasteiger partial charge in [-0.05, 0) is 61.2 Å². The fourth-order valence-electron chi connectivity index (χ4n) is 2.98. The van der Waals surface area contributed by atoms with Gasteiger partial charge in [-0.1, -0.05) is 23.8 Å². The Morgan fingerprint density at radius 2 is 2.16 bits per heavy atom. The molecular weight excluding hydrogens is 250 g/mol. The maximum Gasteiger partial charge on any atom is 0.0334 e. The lowest BCUT2D eigenvalue weighted by atomic mass is 9.93. The van der Waals surface area contributed by atoms with Crippen LogP contribution in [0, 0.1) is 13.8 Å². The predicted octanol–water partition coefficient (Wildman–Crippen LogP) is 4.53. The van der Waals surface area contributed by atoms with E-state index in [9.17, 15) is 0 Å².